The van der Waals surface area contributed by atoms with Crippen LogP contribution in [0.2, 0.25) is 0 Å². The number of fused-ring (bicyclic) bond motifs is 8. The van der Waals surface area contributed by atoms with Crippen LogP contribution in [0.5, 0.6) is 0 Å². The minimum absolute atomic E-state index is 0.803. The molecular formula is C53H34O. The highest BCUT2D eigenvalue weighted by Crippen LogP contribution is 2.46. The lowest BCUT2D eigenvalue weighted by atomic mass is 9.83. The highest BCUT2D eigenvalue weighted by molar-refractivity contribution is 6.23. The van der Waals surface area contributed by atoms with E-state index in [-0.39, 0.29) is 0 Å². The minimum Gasteiger partial charge on any atom is -0.455 e. The van der Waals surface area contributed by atoms with Gasteiger partial charge in [0.15, 0.2) is 0 Å². The molecule has 10 aromatic carbocycles. The van der Waals surface area contributed by atoms with Gasteiger partial charge in [-0.15, -0.1) is 0 Å². The Morgan fingerprint density at radius 3 is 1.69 bits per heavy atom. The molecule has 0 unspecified atom stereocenters. The van der Waals surface area contributed by atoms with E-state index in [1.54, 1.807) is 0 Å². The Balaban J connectivity index is 1.15. The van der Waals surface area contributed by atoms with Gasteiger partial charge in [-0.1, -0.05) is 182 Å². The zero-order valence-electron chi connectivity index (χ0n) is 29.6. The Kier molecular flexibility index (Phi) is 7.00. The number of hydrogen-bond acceptors (Lipinski definition) is 1. The molecule has 1 heteroatoms. The van der Waals surface area contributed by atoms with Gasteiger partial charge in [-0.05, 0) is 101 Å². The fourth-order valence-corrected chi connectivity index (χ4v) is 9.01. The van der Waals surface area contributed by atoms with Crippen LogP contribution in [0.1, 0.15) is 11.1 Å². The molecule has 0 bridgehead atoms. The molecule has 1 aromatic heterocycles. The second-order valence-corrected chi connectivity index (χ2v) is 14.3. The third-order valence-electron chi connectivity index (χ3n) is 11.4. The first kappa shape index (κ1) is 30.6. The largest absolute Gasteiger partial charge is 0.455 e. The first-order valence-electron chi connectivity index (χ1n) is 18.7. The van der Waals surface area contributed by atoms with Crippen LogP contribution in [-0.2, 0) is 6.42 Å². The van der Waals surface area contributed by atoms with Gasteiger partial charge < -0.3 is 4.42 Å². The molecule has 1 heterocycles. The van der Waals surface area contributed by atoms with E-state index >= 15 is 0 Å². The number of rotatable bonds is 5. The zero-order valence-corrected chi connectivity index (χ0v) is 29.6. The Morgan fingerprint density at radius 2 is 0.907 bits per heavy atom. The maximum absolute atomic E-state index is 6.74. The summed E-state index contributed by atoms with van der Waals surface area (Å²) < 4.78 is 6.74. The predicted octanol–water partition coefficient (Wildman–Crippen LogP) is 14.8. The second kappa shape index (κ2) is 12.3. The molecule has 0 aliphatic heterocycles. The van der Waals surface area contributed by atoms with Gasteiger partial charge in [0.1, 0.15) is 11.2 Å². The zero-order chi connectivity index (χ0) is 35.6. The Labute approximate surface area is 313 Å². The van der Waals surface area contributed by atoms with Crippen LogP contribution < -0.4 is 0 Å². The topological polar surface area (TPSA) is 13.1 Å². The molecule has 1 nitrogen and oxygen atoms in total. The van der Waals surface area contributed by atoms with Crippen LogP contribution in [0.15, 0.2) is 199 Å². The summed E-state index contributed by atoms with van der Waals surface area (Å²) >= 11 is 0. The minimum atomic E-state index is 0.803. The molecule has 0 saturated heterocycles. The molecule has 0 N–H and O–H groups in total. The van der Waals surface area contributed by atoms with Crippen molar-refractivity contribution in [2.45, 2.75) is 6.42 Å². The van der Waals surface area contributed by atoms with E-state index in [2.05, 4.69) is 194 Å². The monoisotopic (exact) mass is 686 g/mol. The molecule has 0 atom stereocenters. The van der Waals surface area contributed by atoms with Gasteiger partial charge in [0.25, 0.3) is 0 Å². The van der Waals surface area contributed by atoms with Crippen LogP contribution in [-0.4, -0.2) is 0 Å². The molecule has 252 valence electrons. The summed E-state index contributed by atoms with van der Waals surface area (Å²) in [6.07, 6.45) is 0.803. The van der Waals surface area contributed by atoms with Crippen LogP contribution >= 0.6 is 0 Å². The average molecular weight is 687 g/mol. The summed E-state index contributed by atoms with van der Waals surface area (Å²) in [6, 6.07) is 70.6. The normalized spacial score (nSPS) is 11.8. The second-order valence-electron chi connectivity index (χ2n) is 14.3. The fourth-order valence-electron chi connectivity index (χ4n) is 9.01. The quantitative estimate of drug-likeness (QED) is 0.130. The standard InChI is InChI=1S/C53H34O/c1-2-16-34(17-3-1)39-28-14-30-47-52-46(29-15-31-50(52)54-53(39)47)51-44-26-12-10-24-42(44)49(43-25-11-13-27-45(43)51)33-36-19-5-7-21-38(36)48-32-35-18-4-6-20-37(35)40-22-8-9-23-41(40)48/h1-32H,33H2. The number of para-hydroxylation sites is 1. The molecule has 54 heavy (non-hydrogen) atoms. The van der Waals surface area contributed by atoms with Gasteiger partial charge >= 0.3 is 0 Å². The van der Waals surface area contributed by atoms with Crippen molar-refractivity contribution in [3.05, 3.63) is 205 Å². The van der Waals surface area contributed by atoms with Gasteiger partial charge in [0.2, 0.25) is 0 Å². The van der Waals surface area contributed by atoms with Gasteiger partial charge in [-0.2, -0.15) is 0 Å². The van der Waals surface area contributed by atoms with Gasteiger partial charge in [0.05, 0.1) is 0 Å². The van der Waals surface area contributed by atoms with Crippen molar-refractivity contribution >= 4 is 65.0 Å². The van der Waals surface area contributed by atoms with Crippen LogP contribution in [0, 0.1) is 0 Å². The highest BCUT2D eigenvalue weighted by Gasteiger charge is 2.22. The highest BCUT2D eigenvalue weighted by atomic mass is 16.3. The summed E-state index contributed by atoms with van der Waals surface area (Å²) in [5, 5.41) is 12.5. The molecule has 0 spiro atoms. The van der Waals surface area contributed by atoms with E-state index in [1.165, 1.54) is 76.5 Å². The Morgan fingerprint density at radius 1 is 0.352 bits per heavy atom. The molecule has 0 aliphatic carbocycles. The van der Waals surface area contributed by atoms with Crippen molar-refractivity contribution in [2.24, 2.45) is 0 Å². The van der Waals surface area contributed by atoms with E-state index in [4.69, 9.17) is 4.42 Å². The molecule has 0 amide bonds. The van der Waals surface area contributed by atoms with Crippen LogP contribution in [0.3, 0.4) is 0 Å². The molecule has 0 radical (unpaired) electrons. The van der Waals surface area contributed by atoms with Crippen molar-refractivity contribution in [1.82, 2.24) is 0 Å². The van der Waals surface area contributed by atoms with Crippen molar-refractivity contribution in [3.63, 3.8) is 0 Å². The number of hydrogen-bond donors (Lipinski definition) is 0. The third-order valence-corrected chi connectivity index (χ3v) is 11.4. The van der Waals surface area contributed by atoms with Crippen molar-refractivity contribution < 1.29 is 4.42 Å². The van der Waals surface area contributed by atoms with E-state index in [9.17, 15) is 0 Å². The Bertz CT molecular complexity index is 3180. The van der Waals surface area contributed by atoms with Gasteiger partial charge in [-0.25, -0.2) is 0 Å². The van der Waals surface area contributed by atoms with Crippen molar-refractivity contribution in [2.75, 3.05) is 0 Å². The van der Waals surface area contributed by atoms with E-state index in [0.29, 0.717) is 0 Å². The van der Waals surface area contributed by atoms with E-state index in [1.807, 2.05) is 0 Å². The first-order chi connectivity index (χ1) is 26.8. The summed E-state index contributed by atoms with van der Waals surface area (Å²) in [4.78, 5) is 0. The smallest absolute Gasteiger partial charge is 0.143 e. The van der Waals surface area contributed by atoms with Gasteiger partial charge in [-0.3, -0.25) is 0 Å². The lowest BCUT2D eigenvalue weighted by molar-refractivity contribution is 0.670. The predicted molar refractivity (Wildman–Crippen MR) is 229 cm³/mol. The molecule has 0 aliphatic rings. The van der Waals surface area contributed by atoms with Crippen LogP contribution in [0.25, 0.3) is 98.4 Å². The maximum atomic E-state index is 6.74. The third kappa shape index (κ3) is 4.72. The van der Waals surface area contributed by atoms with Crippen LogP contribution in [0.4, 0.5) is 0 Å². The van der Waals surface area contributed by atoms with E-state index in [0.717, 1.165) is 39.5 Å². The van der Waals surface area contributed by atoms with Crippen molar-refractivity contribution in [1.29, 1.82) is 0 Å². The summed E-state index contributed by atoms with van der Waals surface area (Å²) in [7, 11) is 0. The number of furan rings is 1. The Hall–Kier alpha value is -6.96. The lowest BCUT2D eigenvalue weighted by Crippen LogP contribution is -1.98. The average Bonchev–Trinajstić information content (AvgIpc) is 3.63. The molecule has 11 aromatic rings. The van der Waals surface area contributed by atoms with Crippen molar-refractivity contribution in [3.8, 4) is 33.4 Å². The first-order valence-corrected chi connectivity index (χ1v) is 18.7. The SMILES string of the molecule is c1ccc(-c2cccc3c2oc2cccc(-c4c5ccccc5c(Cc5ccccc5-c5cc6ccccc6c6ccccc56)c5ccccc45)c23)cc1. The molecular weight excluding hydrogens is 653 g/mol. The fraction of sp³-hybridized carbons (Fsp3) is 0.0189. The molecule has 0 fully saturated rings. The molecule has 11 rings (SSSR count). The molecule has 0 saturated carbocycles. The van der Waals surface area contributed by atoms with Gasteiger partial charge in [0, 0.05) is 16.3 Å². The lowest BCUT2D eigenvalue weighted by Gasteiger charge is -2.20. The summed E-state index contributed by atoms with van der Waals surface area (Å²) in [5.74, 6) is 0. The summed E-state index contributed by atoms with van der Waals surface area (Å²) in [6.45, 7) is 0. The number of benzene rings is 10. The summed E-state index contributed by atoms with van der Waals surface area (Å²) in [5.41, 5.74) is 11.7. The van der Waals surface area contributed by atoms with E-state index < -0.39 is 0 Å². The maximum Gasteiger partial charge on any atom is 0.143 e.